The van der Waals surface area contributed by atoms with Gasteiger partial charge in [0.05, 0.1) is 11.1 Å². The fourth-order valence-electron chi connectivity index (χ4n) is 1.74. The van der Waals surface area contributed by atoms with E-state index in [9.17, 15) is 4.39 Å². The minimum Gasteiger partial charge on any atom is -0.378 e. The molecule has 0 aliphatic carbocycles. The third-order valence-electron chi connectivity index (χ3n) is 2.73. The van der Waals surface area contributed by atoms with E-state index < -0.39 is 5.82 Å². The van der Waals surface area contributed by atoms with Gasteiger partial charge in [0.1, 0.15) is 5.82 Å². The normalized spacial score (nSPS) is 12.3. The van der Waals surface area contributed by atoms with Crippen LogP contribution in [-0.2, 0) is 0 Å². The Balaban J connectivity index is 2.22. The summed E-state index contributed by atoms with van der Waals surface area (Å²) >= 11 is 15.1. The summed E-state index contributed by atoms with van der Waals surface area (Å²) in [6.45, 7) is 1.91. The van der Waals surface area contributed by atoms with Gasteiger partial charge in [-0.15, -0.1) is 0 Å². The van der Waals surface area contributed by atoms with Gasteiger partial charge in [0.15, 0.2) is 0 Å². The summed E-state index contributed by atoms with van der Waals surface area (Å²) in [5.74, 6) is -0.467. The van der Waals surface area contributed by atoms with Crippen molar-refractivity contribution in [3.8, 4) is 0 Å². The van der Waals surface area contributed by atoms with E-state index in [0.717, 1.165) is 10.2 Å². The Kier molecular flexibility index (Phi) is 4.71. The van der Waals surface area contributed by atoms with E-state index in [2.05, 4.69) is 21.2 Å². The third kappa shape index (κ3) is 3.62. The first-order valence-electron chi connectivity index (χ1n) is 5.64. The Morgan fingerprint density at radius 3 is 2.37 bits per heavy atom. The summed E-state index contributed by atoms with van der Waals surface area (Å²) in [5, 5.41) is 3.74. The lowest BCUT2D eigenvalue weighted by molar-refractivity contribution is 0.624. The molecule has 0 aromatic heterocycles. The van der Waals surface area contributed by atoms with Crippen LogP contribution in [0.15, 0.2) is 40.9 Å². The zero-order valence-electron chi connectivity index (χ0n) is 10.1. The highest BCUT2D eigenvalue weighted by atomic mass is 79.9. The van der Waals surface area contributed by atoms with Gasteiger partial charge in [0.2, 0.25) is 0 Å². The Bertz CT molecular complexity index is 587. The lowest BCUT2D eigenvalue weighted by Gasteiger charge is -2.17. The smallest absolute Gasteiger partial charge is 0.142 e. The maximum absolute atomic E-state index is 13.5. The highest BCUT2D eigenvalue weighted by Crippen LogP contribution is 2.30. The number of hydrogen-bond donors (Lipinski definition) is 1. The van der Waals surface area contributed by atoms with Crippen molar-refractivity contribution in [2.24, 2.45) is 0 Å². The molecular weight excluding hydrogens is 352 g/mol. The molecule has 100 valence electrons. The maximum Gasteiger partial charge on any atom is 0.142 e. The van der Waals surface area contributed by atoms with Crippen LogP contribution in [0.5, 0.6) is 0 Å². The summed E-state index contributed by atoms with van der Waals surface area (Å²) in [5.41, 5.74) is 1.61. The number of halogens is 4. The lowest BCUT2D eigenvalue weighted by Crippen LogP contribution is -2.07. The molecule has 0 spiro atoms. The molecule has 1 unspecified atom stereocenters. The molecular formula is C14H11BrCl2FN. The minimum atomic E-state index is -0.467. The fourth-order valence-corrected chi connectivity index (χ4v) is 2.55. The first-order chi connectivity index (χ1) is 8.97. The van der Waals surface area contributed by atoms with E-state index >= 15 is 0 Å². The molecule has 1 nitrogen and oxygen atoms in total. The van der Waals surface area contributed by atoms with Crippen molar-refractivity contribution in [1.29, 1.82) is 0 Å². The van der Waals surface area contributed by atoms with Crippen LogP contribution >= 0.6 is 39.1 Å². The van der Waals surface area contributed by atoms with Crippen LogP contribution in [0.1, 0.15) is 18.5 Å². The Morgan fingerprint density at radius 1 is 1.11 bits per heavy atom. The topological polar surface area (TPSA) is 12.0 Å². The molecule has 0 aliphatic rings. The van der Waals surface area contributed by atoms with Gasteiger partial charge in [0, 0.05) is 15.2 Å². The van der Waals surface area contributed by atoms with E-state index in [-0.39, 0.29) is 11.1 Å². The molecule has 0 saturated carbocycles. The molecule has 19 heavy (non-hydrogen) atoms. The van der Waals surface area contributed by atoms with Crippen LogP contribution in [0.3, 0.4) is 0 Å². The van der Waals surface area contributed by atoms with Crippen LogP contribution in [0.2, 0.25) is 10.0 Å². The van der Waals surface area contributed by atoms with Crippen molar-refractivity contribution >= 4 is 44.8 Å². The van der Waals surface area contributed by atoms with E-state index in [0.29, 0.717) is 10.6 Å². The van der Waals surface area contributed by atoms with E-state index in [1.807, 2.05) is 31.2 Å². The number of nitrogens with one attached hydrogen (secondary N) is 1. The standard InChI is InChI=1S/C14H11BrCl2FN/c1-8(19-10-4-2-9(15)3-5-10)11-6-14(18)13(17)7-12(11)16/h2-8,19H,1H3. The van der Waals surface area contributed by atoms with E-state index in [1.54, 1.807) is 0 Å². The SMILES string of the molecule is CC(Nc1ccc(Br)cc1)c1cc(F)c(Cl)cc1Cl. The number of benzene rings is 2. The molecule has 0 heterocycles. The molecule has 2 aromatic carbocycles. The molecule has 1 atom stereocenters. The van der Waals surface area contributed by atoms with Gasteiger partial charge in [-0.2, -0.15) is 0 Å². The molecule has 0 aliphatic heterocycles. The van der Waals surface area contributed by atoms with Gasteiger partial charge in [-0.1, -0.05) is 39.1 Å². The highest BCUT2D eigenvalue weighted by molar-refractivity contribution is 9.10. The number of anilines is 1. The van der Waals surface area contributed by atoms with Crippen molar-refractivity contribution in [1.82, 2.24) is 0 Å². The van der Waals surface area contributed by atoms with Crippen LogP contribution < -0.4 is 5.32 Å². The highest BCUT2D eigenvalue weighted by Gasteiger charge is 2.13. The van der Waals surface area contributed by atoms with Gasteiger partial charge in [-0.25, -0.2) is 4.39 Å². The van der Waals surface area contributed by atoms with Crippen LogP contribution in [0.25, 0.3) is 0 Å². The third-order valence-corrected chi connectivity index (χ3v) is 3.88. The van der Waals surface area contributed by atoms with Crippen LogP contribution in [-0.4, -0.2) is 0 Å². The first-order valence-corrected chi connectivity index (χ1v) is 7.19. The van der Waals surface area contributed by atoms with E-state index in [1.165, 1.54) is 12.1 Å². The average molecular weight is 363 g/mol. The summed E-state index contributed by atoms with van der Waals surface area (Å²) in [7, 11) is 0. The van der Waals surface area contributed by atoms with Gasteiger partial charge < -0.3 is 5.32 Å². The summed E-state index contributed by atoms with van der Waals surface area (Å²) in [4.78, 5) is 0. The monoisotopic (exact) mass is 361 g/mol. The first kappa shape index (κ1) is 14.6. The molecule has 0 fully saturated rings. The van der Waals surface area contributed by atoms with Crippen LogP contribution in [0.4, 0.5) is 10.1 Å². The van der Waals surface area contributed by atoms with Crippen molar-refractivity contribution in [3.05, 3.63) is 62.3 Å². The second-order valence-electron chi connectivity index (χ2n) is 4.16. The van der Waals surface area contributed by atoms with Crippen LogP contribution in [0, 0.1) is 5.82 Å². The van der Waals surface area contributed by atoms with Gasteiger partial charge in [-0.3, -0.25) is 0 Å². The van der Waals surface area contributed by atoms with Gasteiger partial charge >= 0.3 is 0 Å². The molecule has 0 radical (unpaired) electrons. The molecule has 0 saturated heterocycles. The second kappa shape index (κ2) is 6.12. The maximum atomic E-state index is 13.5. The predicted octanol–water partition coefficient (Wildman–Crippen LogP) is 6.07. The molecule has 2 aromatic rings. The molecule has 1 N–H and O–H groups in total. The zero-order chi connectivity index (χ0) is 14.0. The minimum absolute atomic E-state index is 0.0320. The van der Waals surface area contributed by atoms with Gasteiger partial charge in [-0.05, 0) is 48.9 Å². The molecule has 0 amide bonds. The Labute approximate surface area is 129 Å². The fraction of sp³-hybridized carbons (Fsp3) is 0.143. The molecule has 2 rings (SSSR count). The Hall–Kier alpha value is -0.770. The lowest BCUT2D eigenvalue weighted by atomic mass is 10.1. The van der Waals surface area contributed by atoms with Crippen molar-refractivity contribution in [3.63, 3.8) is 0 Å². The average Bonchev–Trinajstić information content (AvgIpc) is 2.36. The Morgan fingerprint density at radius 2 is 1.74 bits per heavy atom. The van der Waals surface area contributed by atoms with E-state index in [4.69, 9.17) is 23.2 Å². The summed E-state index contributed by atoms with van der Waals surface area (Å²) < 4.78 is 14.5. The summed E-state index contributed by atoms with van der Waals surface area (Å²) in [6.07, 6.45) is 0. The van der Waals surface area contributed by atoms with Crippen molar-refractivity contribution in [2.75, 3.05) is 5.32 Å². The van der Waals surface area contributed by atoms with Gasteiger partial charge in [0.25, 0.3) is 0 Å². The quantitative estimate of drug-likeness (QED) is 0.653. The zero-order valence-corrected chi connectivity index (χ0v) is 13.2. The summed E-state index contributed by atoms with van der Waals surface area (Å²) in [6, 6.07) is 10.4. The second-order valence-corrected chi connectivity index (χ2v) is 5.89. The number of hydrogen-bond acceptors (Lipinski definition) is 1. The van der Waals surface area contributed by atoms with Crippen molar-refractivity contribution < 1.29 is 4.39 Å². The predicted molar refractivity (Wildman–Crippen MR) is 82.6 cm³/mol. The largest absolute Gasteiger partial charge is 0.378 e. The number of rotatable bonds is 3. The molecule has 0 bridgehead atoms. The van der Waals surface area contributed by atoms with Crippen molar-refractivity contribution in [2.45, 2.75) is 13.0 Å². The molecule has 5 heteroatoms.